The quantitative estimate of drug-likeness (QED) is 0.0267. The largest absolute Gasteiger partial charge is 0.457 e. The first-order valence-corrected chi connectivity index (χ1v) is 29.4. The minimum atomic E-state index is -1.54. The van der Waals surface area contributed by atoms with Crippen LogP contribution in [0, 0.1) is 0 Å². The molecule has 68 heavy (non-hydrogen) atoms. The molecule has 0 aromatic heterocycles. The third kappa shape index (κ3) is 40.3. The van der Waals surface area contributed by atoms with Crippen LogP contribution < -0.4 is 0 Å². The summed E-state index contributed by atoms with van der Waals surface area (Å²) < 4.78 is 23.0. The van der Waals surface area contributed by atoms with Crippen LogP contribution in [-0.4, -0.2) is 89.6 Å². The number of carbonyl (C=O) groups excluding carboxylic acids is 1. The van der Waals surface area contributed by atoms with Crippen molar-refractivity contribution < 1.29 is 44.2 Å². The Balaban J connectivity index is 2.14. The molecule has 1 heterocycles. The molecular weight excluding hydrogens is 853 g/mol. The number of hydrogen-bond acceptors (Lipinski definition) is 9. The van der Waals surface area contributed by atoms with E-state index in [9.17, 15) is 25.2 Å². The van der Waals surface area contributed by atoms with Crippen molar-refractivity contribution in [2.45, 2.75) is 320 Å². The first-order chi connectivity index (χ1) is 33.4. The predicted octanol–water partition coefficient (Wildman–Crippen LogP) is 15.3. The van der Waals surface area contributed by atoms with Crippen molar-refractivity contribution in [3.05, 3.63) is 24.3 Å². The average Bonchev–Trinajstić information content (AvgIpc) is 3.34. The minimum absolute atomic E-state index is 0.110. The van der Waals surface area contributed by atoms with Crippen molar-refractivity contribution in [1.29, 1.82) is 0 Å². The zero-order valence-electron chi connectivity index (χ0n) is 44.6. The van der Waals surface area contributed by atoms with Gasteiger partial charge in [-0.2, -0.15) is 0 Å². The van der Waals surface area contributed by atoms with Gasteiger partial charge < -0.3 is 39.4 Å². The highest BCUT2D eigenvalue weighted by molar-refractivity contribution is 5.69. The Morgan fingerprint density at radius 3 is 1.19 bits per heavy atom. The van der Waals surface area contributed by atoms with Crippen LogP contribution in [-0.2, 0) is 23.7 Å². The molecule has 0 aromatic rings. The van der Waals surface area contributed by atoms with Gasteiger partial charge in [0.15, 0.2) is 6.29 Å². The zero-order chi connectivity index (χ0) is 49.2. The summed E-state index contributed by atoms with van der Waals surface area (Å²) in [5.74, 6) is -0.310. The number of unbranched alkanes of at least 4 members (excludes halogenated alkanes) is 37. The number of rotatable bonds is 52. The van der Waals surface area contributed by atoms with Gasteiger partial charge in [0, 0.05) is 13.0 Å². The number of aliphatic hydroxyl groups is 4. The van der Waals surface area contributed by atoms with E-state index in [0.717, 1.165) is 32.1 Å². The Morgan fingerprint density at radius 1 is 0.456 bits per heavy atom. The van der Waals surface area contributed by atoms with E-state index >= 15 is 0 Å². The molecule has 1 rings (SSSR count). The van der Waals surface area contributed by atoms with Gasteiger partial charge in [-0.05, 0) is 64.2 Å². The molecule has 9 nitrogen and oxygen atoms in total. The van der Waals surface area contributed by atoms with Gasteiger partial charge in [0.1, 0.15) is 30.5 Å². The zero-order valence-corrected chi connectivity index (χ0v) is 44.6. The molecule has 1 fully saturated rings. The van der Waals surface area contributed by atoms with E-state index in [4.69, 9.17) is 18.9 Å². The van der Waals surface area contributed by atoms with Crippen molar-refractivity contribution in [1.82, 2.24) is 0 Å². The van der Waals surface area contributed by atoms with Crippen molar-refractivity contribution in [2.24, 2.45) is 0 Å². The first-order valence-electron chi connectivity index (χ1n) is 29.4. The van der Waals surface area contributed by atoms with E-state index in [1.165, 1.54) is 231 Å². The lowest BCUT2D eigenvalue weighted by molar-refractivity contribution is -0.305. The molecule has 0 aromatic carbocycles. The molecule has 1 aliphatic heterocycles. The van der Waals surface area contributed by atoms with Gasteiger partial charge in [0.05, 0.1) is 19.8 Å². The topological polar surface area (TPSA) is 135 Å². The molecule has 402 valence electrons. The number of carbonyl (C=O) groups is 1. The van der Waals surface area contributed by atoms with E-state index < -0.39 is 43.4 Å². The lowest BCUT2D eigenvalue weighted by Gasteiger charge is -2.39. The maximum Gasteiger partial charge on any atom is 0.306 e. The maximum atomic E-state index is 12.9. The number of ether oxygens (including phenoxy) is 4. The van der Waals surface area contributed by atoms with Crippen LogP contribution in [0.4, 0.5) is 0 Å². The lowest BCUT2D eigenvalue weighted by atomic mass is 9.99. The Bertz CT molecular complexity index is 1100. The summed E-state index contributed by atoms with van der Waals surface area (Å²) in [6, 6.07) is 0. The molecule has 0 amide bonds. The number of hydrogen-bond donors (Lipinski definition) is 4. The first kappa shape index (κ1) is 64.7. The van der Waals surface area contributed by atoms with Gasteiger partial charge in [-0.3, -0.25) is 4.79 Å². The maximum absolute atomic E-state index is 12.9. The SMILES string of the molecule is CCCCCCCCCC/C=C\CCCCCCCCCCCCCCOCC(COC1OC(CO)C(O)C(O)C1O)OC(=O)CCCCCCCCCCC/C=C\CCCCCCCCCC. The standard InChI is InChI=1S/C59H112O9/c1-3-5-7-9-11-13-15-17-19-21-23-25-26-27-29-31-33-35-37-39-41-43-45-47-49-65-51-53(52-66-59-58(64)57(63)56(62)54(50-60)68-59)67-55(61)48-46-44-42-40-38-36-34-32-30-28-24-22-20-18-16-14-12-10-8-6-4-2/h21-24,53-54,56-60,62-64H,3-20,25-52H2,1-2H3/b23-21-,24-22-. The Labute approximate surface area is 419 Å². The van der Waals surface area contributed by atoms with E-state index in [1.807, 2.05) is 0 Å². The van der Waals surface area contributed by atoms with E-state index in [0.29, 0.717) is 13.0 Å². The normalized spacial score (nSPS) is 19.2. The molecular formula is C59H112O9. The van der Waals surface area contributed by atoms with Gasteiger partial charge in [-0.15, -0.1) is 0 Å². The molecule has 0 aliphatic carbocycles. The van der Waals surface area contributed by atoms with Gasteiger partial charge in [0.25, 0.3) is 0 Å². The van der Waals surface area contributed by atoms with Crippen LogP contribution in [0.15, 0.2) is 24.3 Å². The summed E-state index contributed by atoms with van der Waals surface area (Å²) in [6.07, 6.45) is 55.1. The van der Waals surface area contributed by atoms with Crippen molar-refractivity contribution in [3.8, 4) is 0 Å². The summed E-state index contributed by atoms with van der Waals surface area (Å²) in [5, 5.41) is 40.4. The van der Waals surface area contributed by atoms with Crippen LogP contribution in [0.2, 0.25) is 0 Å². The predicted molar refractivity (Wildman–Crippen MR) is 284 cm³/mol. The highest BCUT2D eigenvalue weighted by atomic mass is 16.7. The molecule has 1 saturated heterocycles. The summed E-state index contributed by atoms with van der Waals surface area (Å²) in [7, 11) is 0. The number of esters is 1. The molecule has 1 aliphatic rings. The molecule has 6 atom stereocenters. The van der Waals surface area contributed by atoms with Crippen LogP contribution in [0.5, 0.6) is 0 Å². The second kappa shape index (κ2) is 50.6. The summed E-state index contributed by atoms with van der Waals surface area (Å²) in [4.78, 5) is 12.9. The van der Waals surface area contributed by atoms with E-state index in [1.54, 1.807) is 0 Å². The molecule has 0 spiro atoms. The van der Waals surface area contributed by atoms with Crippen LogP contribution in [0.25, 0.3) is 0 Å². The minimum Gasteiger partial charge on any atom is -0.457 e. The fourth-order valence-electron chi connectivity index (χ4n) is 9.25. The Morgan fingerprint density at radius 2 is 0.809 bits per heavy atom. The number of allylic oxidation sites excluding steroid dienone is 4. The summed E-state index contributed by atoms with van der Waals surface area (Å²) in [6.45, 7) is 4.61. The Hall–Kier alpha value is -1.33. The molecule has 4 N–H and O–H groups in total. The van der Waals surface area contributed by atoms with Crippen molar-refractivity contribution in [3.63, 3.8) is 0 Å². The van der Waals surface area contributed by atoms with Crippen molar-refractivity contribution in [2.75, 3.05) is 26.4 Å². The lowest BCUT2D eigenvalue weighted by Crippen LogP contribution is -2.59. The smallest absolute Gasteiger partial charge is 0.306 e. The molecule has 9 heteroatoms. The Kier molecular flexibility index (Phi) is 48.1. The van der Waals surface area contributed by atoms with Gasteiger partial charge in [-0.25, -0.2) is 0 Å². The average molecular weight is 966 g/mol. The fraction of sp³-hybridized carbons (Fsp3) is 0.915. The molecule has 0 saturated carbocycles. The van der Waals surface area contributed by atoms with Gasteiger partial charge >= 0.3 is 5.97 Å². The van der Waals surface area contributed by atoms with Crippen LogP contribution >= 0.6 is 0 Å². The monoisotopic (exact) mass is 965 g/mol. The summed E-state index contributed by atoms with van der Waals surface area (Å²) in [5.41, 5.74) is 0. The highest BCUT2D eigenvalue weighted by Crippen LogP contribution is 2.23. The molecule has 0 bridgehead atoms. The molecule has 0 radical (unpaired) electrons. The second-order valence-corrected chi connectivity index (χ2v) is 20.4. The van der Waals surface area contributed by atoms with Crippen LogP contribution in [0.3, 0.4) is 0 Å². The van der Waals surface area contributed by atoms with Gasteiger partial charge in [-0.1, -0.05) is 237 Å². The van der Waals surface area contributed by atoms with Crippen molar-refractivity contribution >= 4 is 5.97 Å². The van der Waals surface area contributed by atoms with Gasteiger partial charge in [0.2, 0.25) is 0 Å². The van der Waals surface area contributed by atoms with E-state index in [2.05, 4.69) is 38.2 Å². The summed E-state index contributed by atoms with van der Waals surface area (Å²) >= 11 is 0. The number of aliphatic hydroxyl groups excluding tert-OH is 4. The highest BCUT2D eigenvalue weighted by Gasteiger charge is 2.44. The van der Waals surface area contributed by atoms with E-state index in [-0.39, 0.29) is 19.2 Å². The third-order valence-corrected chi connectivity index (χ3v) is 13.8. The fourth-order valence-corrected chi connectivity index (χ4v) is 9.25. The second-order valence-electron chi connectivity index (χ2n) is 20.4. The third-order valence-electron chi connectivity index (χ3n) is 13.8. The van der Waals surface area contributed by atoms with Crippen LogP contribution in [0.1, 0.15) is 284 Å². The molecule has 6 unspecified atom stereocenters.